The molecule has 0 unspecified atom stereocenters. The van der Waals surface area contributed by atoms with Crippen molar-refractivity contribution in [3.8, 4) is 5.75 Å². The first-order valence-corrected chi connectivity index (χ1v) is 10.1. The molecule has 29 heavy (non-hydrogen) atoms. The summed E-state index contributed by atoms with van der Waals surface area (Å²) in [7, 11) is 0. The van der Waals surface area contributed by atoms with E-state index in [1.165, 1.54) is 5.56 Å². The number of nitrogens with one attached hydrogen (secondary N) is 1. The SMILES string of the molecule is CCCNC(=O)[C@H](C)N(Cc1ccccc1C)C(=O)COc1ccc(C)c(C)c1. The van der Waals surface area contributed by atoms with E-state index in [-0.39, 0.29) is 18.4 Å². The molecular weight excluding hydrogens is 364 g/mol. The average molecular weight is 397 g/mol. The van der Waals surface area contributed by atoms with E-state index in [0.29, 0.717) is 18.8 Å². The Morgan fingerprint density at radius 3 is 2.41 bits per heavy atom. The normalized spacial score (nSPS) is 11.6. The van der Waals surface area contributed by atoms with Crippen molar-refractivity contribution in [2.24, 2.45) is 0 Å². The Balaban J connectivity index is 2.15. The summed E-state index contributed by atoms with van der Waals surface area (Å²) in [5.41, 5.74) is 4.38. The van der Waals surface area contributed by atoms with Gasteiger partial charge in [0, 0.05) is 13.1 Å². The number of hydrogen-bond acceptors (Lipinski definition) is 3. The molecular formula is C24H32N2O3. The number of aryl methyl sites for hydroxylation is 3. The number of carbonyl (C=O) groups excluding carboxylic acids is 2. The van der Waals surface area contributed by atoms with Gasteiger partial charge in [0.15, 0.2) is 6.61 Å². The maximum atomic E-state index is 13.0. The van der Waals surface area contributed by atoms with Gasteiger partial charge in [0.1, 0.15) is 11.8 Å². The number of amides is 2. The van der Waals surface area contributed by atoms with E-state index in [1.807, 2.05) is 70.2 Å². The molecule has 2 amide bonds. The highest BCUT2D eigenvalue weighted by Gasteiger charge is 2.26. The second-order valence-corrected chi connectivity index (χ2v) is 7.45. The van der Waals surface area contributed by atoms with Crippen LogP contribution in [-0.2, 0) is 16.1 Å². The van der Waals surface area contributed by atoms with Crippen LogP contribution >= 0.6 is 0 Å². The summed E-state index contributed by atoms with van der Waals surface area (Å²) < 4.78 is 5.74. The molecule has 0 heterocycles. The van der Waals surface area contributed by atoms with Crippen molar-refractivity contribution in [1.82, 2.24) is 10.2 Å². The molecule has 1 N–H and O–H groups in total. The van der Waals surface area contributed by atoms with Crippen LogP contribution in [0.5, 0.6) is 5.75 Å². The fourth-order valence-corrected chi connectivity index (χ4v) is 2.98. The van der Waals surface area contributed by atoms with Gasteiger partial charge in [-0.15, -0.1) is 0 Å². The van der Waals surface area contributed by atoms with E-state index in [9.17, 15) is 9.59 Å². The van der Waals surface area contributed by atoms with E-state index in [4.69, 9.17) is 4.74 Å². The smallest absolute Gasteiger partial charge is 0.261 e. The lowest BCUT2D eigenvalue weighted by Gasteiger charge is -2.29. The molecule has 0 saturated carbocycles. The molecule has 0 saturated heterocycles. The van der Waals surface area contributed by atoms with Crippen LogP contribution < -0.4 is 10.1 Å². The topological polar surface area (TPSA) is 58.6 Å². The van der Waals surface area contributed by atoms with E-state index >= 15 is 0 Å². The first-order chi connectivity index (χ1) is 13.8. The molecule has 0 spiro atoms. The molecule has 0 aromatic heterocycles. The zero-order chi connectivity index (χ0) is 21.4. The number of carbonyl (C=O) groups is 2. The first kappa shape index (κ1) is 22.5. The molecule has 2 rings (SSSR count). The molecule has 0 aliphatic carbocycles. The van der Waals surface area contributed by atoms with Gasteiger partial charge in [-0.05, 0) is 68.5 Å². The van der Waals surface area contributed by atoms with Crippen LogP contribution in [0.4, 0.5) is 0 Å². The lowest BCUT2D eigenvalue weighted by atomic mass is 10.1. The minimum atomic E-state index is -0.586. The third kappa shape index (κ3) is 6.34. The quantitative estimate of drug-likeness (QED) is 0.699. The molecule has 156 valence electrons. The van der Waals surface area contributed by atoms with Crippen molar-refractivity contribution < 1.29 is 14.3 Å². The molecule has 2 aromatic rings. The summed E-state index contributed by atoms with van der Waals surface area (Å²) in [6.45, 7) is 10.7. The summed E-state index contributed by atoms with van der Waals surface area (Å²) in [5, 5.41) is 2.88. The summed E-state index contributed by atoms with van der Waals surface area (Å²) in [6.07, 6.45) is 0.847. The van der Waals surface area contributed by atoms with E-state index in [1.54, 1.807) is 11.8 Å². The van der Waals surface area contributed by atoms with Crippen molar-refractivity contribution >= 4 is 11.8 Å². The molecule has 0 radical (unpaired) electrons. The third-order valence-corrected chi connectivity index (χ3v) is 5.16. The van der Waals surface area contributed by atoms with Crippen LogP contribution in [0.2, 0.25) is 0 Å². The maximum Gasteiger partial charge on any atom is 0.261 e. The van der Waals surface area contributed by atoms with Crippen LogP contribution in [0, 0.1) is 20.8 Å². The Kier molecular flexibility index (Phi) is 8.25. The summed E-state index contributed by atoms with van der Waals surface area (Å²) in [6, 6.07) is 13.1. The van der Waals surface area contributed by atoms with Gasteiger partial charge in [-0.2, -0.15) is 0 Å². The Hall–Kier alpha value is -2.82. The molecule has 0 aliphatic heterocycles. The standard InChI is InChI=1S/C24H32N2O3/c1-6-13-25-24(28)20(5)26(15-21-10-8-7-9-18(21)3)23(27)16-29-22-12-11-17(2)19(4)14-22/h7-12,14,20H,6,13,15-16H2,1-5H3,(H,25,28)/t20-/m0/s1. The monoisotopic (exact) mass is 396 g/mol. The third-order valence-electron chi connectivity index (χ3n) is 5.16. The number of rotatable bonds is 9. The number of benzene rings is 2. The van der Waals surface area contributed by atoms with Crippen molar-refractivity contribution in [2.45, 2.75) is 53.6 Å². The van der Waals surface area contributed by atoms with Gasteiger partial charge in [0.05, 0.1) is 0 Å². The van der Waals surface area contributed by atoms with Gasteiger partial charge in [0.25, 0.3) is 5.91 Å². The number of hydrogen-bond donors (Lipinski definition) is 1. The van der Waals surface area contributed by atoms with Gasteiger partial charge in [-0.1, -0.05) is 37.3 Å². The van der Waals surface area contributed by atoms with E-state index in [0.717, 1.165) is 23.1 Å². The van der Waals surface area contributed by atoms with Crippen LogP contribution in [0.15, 0.2) is 42.5 Å². The van der Waals surface area contributed by atoms with Gasteiger partial charge >= 0.3 is 0 Å². The molecule has 0 fully saturated rings. The Morgan fingerprint density at radius 2 is 1.76 bits per heavy atom. The van der Waals surface area contributed by atoms with Crippen molar-refractivity contribution in [3.05, 3.63) is 64.7 Å². The second kappa shape index (κ2) is 10.6. The predicted octanol–water partition coefficient (Wildman–Crippen LogP) is 3.93. The van der Waals surface area contributed by atoms with Gasteiger partial charge in [-0.25, -0.2) is 0 Å². The minimum Gasteiger partial charge on any atom is -0.484 e. The van der Waals surface area contributed by atoms with Crippen LogP contribution in [0.1, 0.15) is 42.5 Å². The van der Waals surface area contributed by atoms with E-state index < -0.39 is 6.04 Å². The molecule has 0 aliphatic rings. The van der Waals surface area contributed by atoms with Gasteiger partial charge in [-0.3, -0.25) is 9.59 Å². The maximum absolute atomic E-state index is 13.0. The Labute approximate surface area is 174 Å². The molecule has 5 nitrogen and oxygen atoms in total. The van der Waals surface area contributed by atoms with Gasteiger partial charge < -0.3 is 15.0 Å². The Bertz CT molecular complexity index is 848. The minimum absolute atomic E-state index is 0.111. The van der Waals surface area contributed by atoms with Crippen LogP contribution in [-0.4, -0.2) is 35.9 Å². The van der Waals surface area contributed by atoms with Crippen molar-refractivity contribution in [3.63, 3.8) is 0 Å². The highest BCUT2D eigenvalue weighted by atomic mass is 16.5. The number of nitrogens with zero attached hydrogens (tertiary/aromatic N) is 1. The first-order valence-electron chi connectivity index (χ1n) is 10.1. The van der Waals surface area contributed by atoms with Gasteiger partial charge in [0.2, 0.25) is 5.91 Å². The van der Waals surface area contributed by atoms with Crippen LogP contribution in [0.3, 0.4) is 0 Å². The summed E-state index contributed by atoms with van der Waals surface area (Å²) >= 11 is 0. The van der Waals surface area contributed by atoms with E-state index in [2.05, 4.69) is 5.32 Å². The van der Waals surface area contributed by atoms with Crippen molar-refractivity contribution in [1.29, 1.82) is 0 Å². The second-order valence-electron chi connectivity index (χ2n) is 7.45. The lowest BCUT2D eigenvalue weighted by Crippen LogP contribution is -2.49. The summed E-state index contributed by atoms with van der Waals surface area (Å²) in [4.78, 5) is 27.1. The molecule has 0 bridgehead atoms. The van der Waals surface area contributed by atoms with Crippen LogP contribution in [0.25, 0.3) is 0 Å². The zero-order valence-electron chi connectivity index (χ0n) is 18.1. The zero-order valence-corrected chi connectivity index (χ0v) is 18.1. The fourth-order valence-electron chi connectivity index (χ4n) is 2.98. The highest BCUT2D eigenvalue weighted by molar-refractivity contribution is 5.88. The fraction of sp³-hybridized carbons (Fsp3) is 0.417. The van der Waals surface area contributed by atoms with Crippen molar-refractivity contribution in [2.75, 3.05) is 13.2 Å². The lowest BCUT2D eigenvalue weighted by molar-refractivity contribution is -0.142. The molecule has 5 heteroatoms. The summed E-state index contributed by atoms with van der Waals surface area (Å²) in [5.74, 6) is 0.283. The predicted molar refractivity (Wildman–Crippen MR) is 116 cm³/mol. The number of ether oxygens (including phenoxy) is 1. The molecule has 1 atom stereocenters. The Morgan fingerprint density at radius 1 is 1.03 bits per heavy atom. The average Bonchev–Trinajstić information content (AvgIpc) is 2.71. The highest BCUT2D eigenvalue weighted by Crippen LogP contribution is 2.18. The largest absolute Gasteiger partial charge is 0.484 e. The molecule has 2 aromatic carbocycles.